The third-order valence-corrected chi connectivity index (χ3v) is 3.31. The van der Waals surface area contributed by atoms with Crippen LogP contribution in [0.5, 0.6) is 0 Å². The van der Waals surface area contributed by atoms with E-state index in [9.17, 15) is 9.18 Å². The molecule has 0 aliphatic carbocycles. The van der Waals surface area contributed by atoms with Crippen molar-refractivity contribution in [2.24, 2.45) is 0 Å². The largest absolute Gasteiger partial charge is 0.323 e. The van der Waals surface area contributed by atoms with Crippen LogP contribution in [0.3, 0.4) is 0 Å². The van der Waals surface area contributed by atoms with Crippen LogP contribution in [0.15, 0.2) is 48.7 Å². The van der Waals surface area contributed by atoms with Gasteiger partial charge in [0.05, 0.1) is 0 Å². The fraction of sp³-hybridized carbons (Fsp3) is 0.0625. The Hall–Kier alpha value is -2.33. The predicted molar refractivity (Wildman–Crippen MR) is 83.8 cm³/mol. The van der Waals surface area contributed by atoms with Gasteiger partial charge in [-0.1, -0.05) is 35.9 Å². The first kappa shape index (κ1) is 15.1. The molecule has 21 heavy (non-hydrogen) atoms. The number of hydrogen-bond donors (Lipinski definition) is 2. The van der Waals surface area contributed by atoms with E-state index in [1.165, 1.54) is 18.3 Å². The van der Waals surface area contributed by atoms with Crippen LogP contribution >= 0.6 is 11.6 Å². The van der Waals surface area contributed by atoms with E-state index in [2.05, 4.69) is 10.6 Å². The lowest BCUT2D eigenvalue weighted by molar-refractivity contribution is 0.255. The van der Waals surface area contributed by atoms with Crippen molar-refractivity contribution in [3.8, 4) is 0 Å². The molecule has 0 aliphatic heterocycles. The number of carbonyl (C=O) groups is 1. The summed E-state index contributed by atoms with van der Waals surface area (Å²) in [7, 11) is 0. The second-order valence-electron chi connectivity index (χ2n) is 4.37. The number of nitrogens with one attached hydrogen (secondary N) is 2. The van der Waals surface area contributed by atoms with E-state index >= 15 is 0 Å². The van der Waals surface area contributed by atoms with Crippen molar-refractivity contribution < 1.29 is 9.18 Å². The minimum absolute atomic E-state index is 0.346. The van der Waals surface area contributed by atoms with Crippen LogP contribution < -0.4 is 10.6 Å². The van der Waals surface area contributed by atoms with Crippen molar-refractivity contribution in [1.29, 1.82) is 0 Å². The lowest BCUT2D eigenvalue weighted by Gasteiger charge is -2.08. The fourth-order valence-electron chi connectivity index (χ4n) is 1.72. The van der Waals surface area contributed by atoms with Crippen molar-refractivity contribution in [1.82, 2.24) is 5.32 Å². The average Bonchev–Trinajstić information content (AvgIpc) is 2.46. The van der Waals surface area contributed by atoms with Crippen LogP contribution in [0, 0.1) is 12.7 Å². The molecule has 0 unspecified atom stereocenters. The summed E-state index contributed by atoms with van der Waals surface area (Å²) >= 11 is 5.97. The zero-order chi connectivity index (χ0) is 15.2. The second kappa shape index (κ2) is 6.90. The highest BCUT2D eigenvalue weighted by atomic mass is 35.5. The Labute approximate surface area is 127 Å². The summed E-state index contributed by atoms with van der Waals surface area (Å²) in [6.45, 7) is 1.81. The fourth-order valence-corrected chi connectivity index (χ4v) is 1.89. The van der Waals surface area contributed by atoms with E-state index in [1.54, 1.807) is 36.4 Å². The minimum Gasteiger partial charge on any atom is -0.314 e. The van der Waals surface area contributed by atoms with E-state index < -0.39 is 6.03 Å². The van der Waals surface area contributed by atoms with Gasteiger partial charge in [0.15, 0.2) is 0 Å². The van der Waals surface area contributed by atoms with Gasteiger partial charge in [0, 0.05) is 22.5 Å². The highest BCUT2D eigenvalue weighted by molar-refractivity contribution is 6.31. The van der Waals surface area contributed by atoms with Crippen LogP contribution in [-0.2, 0) is 0 Å². The Bertz CT molecular complexity index is 686. The number of anilines is 1. The molecule has 0 atom stereocenters. The molecule has 0 radical (unpaired) electrons. The van der Waals surface area contributed by atoms with Crippen LogP contribution in [-0.4, -0.2) is 6.03 Å². The first-order chi connectivity index (χ1) is 10.1. The van der Waals surface area contributed by atoms with Crippen molar-refractivity contribution in [3.63, 3.8) is 0 Å². The van der Waals surface area contributed by atoms with E-state index in [1.807, 2.05) is 6.92 Å². The first-order valence-electron chi connectivity index (χ1n) is 6.31. The number of hydrogen-bond acceptors (Lipinski definition) is 1. The molecule has 0 aromatic heterocycles. The molecule has 0 saturated heterocycles. The summed E-state index contributed by atoms with van der Waals surface area (Å²) in [6, 6.07) is 11.1. The van der Waals surface area contributed by atoms with Gasteiger partial charge in [-0.05, 0) is 36.8 Å². The molecule has 2 amide bonds. The molecule has 2 aromatic rings. The third-order valence-electron chi connectivity index (χ3n) is 2.90. The lowest BCUT2D eigenvalue weighted by atomic mass is 10.2. The molecule has 5 heteroatoms. The van der Waals surface area contributed by atoms with Gasteiger partial charge in [0.2, 0.25) is 0 Å². The molecule has 0 spiro atoms. The Kier molecular flexibility index (Phi) is 4.95. The molecule has 3 nitrogen and oxygen atoms in total. The molecule has 2 aromatic carbocycles. The highest BCUT2D eigenvalue weighted by Gasteiger charge is 2.05. The van der Waals surface area contributed by atoms with Crippen molar-refractivity contribution in [2.45, 2.75) is 6.92 Å². The molecule has 108 valence electrons. The topological polar surface area (TPSA) is 41.1 Å². The Morgan fingerprint density at radius 1 is 1.19 bits per heavy atom. The number of rotatable bonds is 3. The summed E-state index contributed by atoms with van der Waals surface area (Å²) in [5.74, 6) is -0.346. The van der Waals surface area contributed by atoms with Gasteiger partial charge >= 0.3 is 6.03 Å². The van der Waals surface area contributed by atoms with Gasteiger partial charge in [-0.2, -0.15) is 0 Å². The zero-order valence-corrected chi connectivity index (χ0v) is 12.1. The summed E-state index contributed by atoms with van der Waals surface area (Å²) in [6.07, 6.45) is 2.87. The SMILES string of the molecule is Cc1c(Cl)cccc1NC(=O)N/C=C/c1ccccc1F. The molecule has 0 bridgehead atoms. The maximum Gasteiger partial charge on any atom is 0.323 e. The van der Waals surface area contributed by atoms with Gasteiger partial charge in [0.1, 0.15) is 5.82 Å². The van der Waals surface area contributed by atoms with Crippen LogP contribution in [0.25, 0.3) is 6.08 Å². The van der Waals surface area contributed by atoms with E-state index in [0.29, 0.717) is 16.3 Å². The second-order valence-corrected chi connectivity index (χ2v) is 4.77. The molecular formula is C16H14ClFN2O. The van der Waals surface area contributed by atoms with Crippen molar-refractivity contribution >= 4 is 29.4 Å². The van der Waals surface area contributed by atoms with Gasteiger partial charge in [-0.3, -0.25) is 0 Å². The third kappa shape index (κ3) is 4.07. The van der Waals surface area contributed by atoms with Crippen molar-refractivity contribution in [2.75, 3.05) is 5.32 Å². The number of carbonyl (C=O) groups excluding carboxylic acids is 1. The van der Waals surface area contributed by atoms with Gasteiger partial charge in [0.25, 0.3) is 0 Å². The lowest BCUT2D eigenvalue weighted by Crippen LogP contribution is -2.24. The van der Waals surface area contributed by atoms with Crippen LogP contribution in [0.4, 0.5) is 14.9 Å². The number of urea groups is 1. The monoisotopic (exact) mass is 304 g/mol. The van der Waals surface area contributed by atoms with E-state index in [-0.39, 0.29) is 5.82 Å². The maximum atomic E-state index is 13.4. The smallest absolute Gasteiger partial charge is 0.314 e. The quantitative estimate of drug-likeness (QED) is 0.856. The number of benzene rings is 2. The molecule has 0 aliphatic rings. The normalized spacial score (nSPS) is 10.6. The van der Waals surface area contributed by atoms with Gasteiger partial charge < -0.3 is 10.6 Å². The first-order valence-corrected chi connectivity index (χ1v) is 6.69. The van der Waals surface area contributed by atoms with Crippen LogP contribution in [0.1, 0.15) is 11.1 Å². The Morgan fingerprint density at radius 2 is 1.95 bits per heavy atom. The molecular weight excluding hydrogens is 291 g/mol. The van der Waals surface area contributed by atoms with E-state index in [4.69, 9.17) is 11.6 Å². The highest BCUT2D eigenvalue weighted by Crippen LogP contribution is 2.22. The Balaban J connectivity index is 1.97. The number of halogens is 2. The van der Waals surface area contributed by atoms with Crippen LogP contribution in [0.2, 0.25) is 5.02 Å². The summed E-state index contributed by atoms with van der Waals surface area (Å²) in [5, 5.41) is 5.76. The molecule has 0 fully saturated rings. The molecule has 0 heterocycles. The average molecular weight is 305 g/mol. The standard InChI is InChI=1S/C16H14ClFN2O/c1-11-13(17)6-4-8-15(11)20-16(21)19-10-9-12-5-2-3-7-14(12)18/h2-10H,1H3,(H2,19,20,21)/b10-9+. The summed E-state index contributed by atoms with van der Waals surface area (Å²) in [4.78, 5) is 11.7. The molecule has 0 saturated carbocycles. The predicted octanol–water partition coefficient (Wildman–Crippen LogP) is 4.58. The van der Waals surface area contributed by atoms with Gasteiger partial charge in [-0.15, -0.1) is 0 Å². The molecule has 2 rings (SSSR count). The van der Waals surface area contributed by atoms with Crippen molar-refractivity contribution in [3.05, 3.63) is 70.6 Å². The molecule has 2 N–H and O–H groups in total. The summed E-state index contributed by atoms with van der Waals surface area (Å²) in [5.41, 5.74) is 1.81. The van der Waals surface area contributed by atoms with Gasteiger partial charge in [-0.25, -0.2) is 9.18 Å². The maximum absolute atomic E-state index is 13.4. The minimum atomic E-state index is -0.423. The summed E-state index contributed by atoms with van der Waals surface area (Å²) < 4.78 is 13.4. The van der Waals surface area contributed by atoms with E-state index in [0.717, 1.165) is 5.56 Å². The Morgan fingerprint density at radius 3 is 2.71 bits per heavy atom. The number of amides is 2. The zero-order valence-electron chi connectivity index (χ0n) is 11.4.